The minimum Gasteiger partial charge on any atom is -0.317 e. The molecule has 1 aromatic carbocycles. The summed E-state index contributed by atoms with van der Waals surface area (Å²) in [6.45, 7) is 2.08. The summed E-state index contributed by atoms with van der Waals surface area (Å²) < 4.78 is 12.8. The number of hydrogen-bond donors (Lipinski definition) is 1. The van der Waals surface area contributed by atoms with E-state index in [1.54, 1.807) is 35.8 Å². The molecule has 0 saturated carbocycles. The van der Waals surface area contributed by atoms with Crippen LogP contribution in [0.2, 0.25) is 0 Å². The highest BCUT2D eigenvalue weighted by atomic mass is 32.2. The van der Waals surface area contributed by atoms with E-state index in [0.29, 0.717) is 11.0 Å². The van der Waals surface area contributed by atoms with E-state index in [1.807, 2.05) is 0 Å². The molecule has 0 atom stereocenters. The monoisotopic (exact) mass is 282 g/mol. The van der Waals surface area contributed by atoms with Crippen molar-refractivity contribution in [2.24, 2.45) is 0 Å². The Hall–Kier alpha value is -1.07. The van der Waals surface area contributed by atoms with Gasteiger partial charge in [0, 0.05) is 18.0 Å². The normalized spacial score (nSPS) is 16.3. The minimum absolute atomic E-state index is 0.0649. The number of rotatable bonds is 4. The standard InChI is InChI=1S/C14H19FN2OS/c1-17(12-4-2-11(15)3-5-12)14(18)10-19-13-6-8-16-9-7-13/h2-5,13,16H,6-10H2,1H3. The molecule has 1 aliphatic rings. The van der Waals surface area contributed by atoms with Crippen molar-refractivity contribution in [1.29, 1.82) is 0 Å². The Morgan fingerprint density at radius 2 is 2.00 bits per heavy atom. The highest BCUT2D eigenvalue weighted by molar-refractivity contribution is 8.00. The second kappa shape index (κ2) is 6.91. The van der Waals surface area contributed by atoms with Crippen LogP contribution in [0.3, 0.4) is 0 Å². The molecule has 0 bridgehead atoms. The number of nitrogens with zero attached hydrogens (tertiary/aromatic N) is 1. The Bertz CT molecular complexity index is 418. The third kappa shape index (κ3) is 4.21. The number of anilines is 1. The quantitative estimate of drug-likeness (QED) is 0.919. The summed E-state index contributed by atoms with van der Waals surface area (Å²) in [5, 5.41) is 3.89. The average molecular weight is 282 g/mol. The van der Waals surface area contributed by atoms with Crippen LogP contribution in [0.4, 0.5) is 10.1 Å². The second-order valence-corrected chi connectivity index (χ2v) is 5.98. The summed E-state index contributed by atoms with van der Waals surface area (Å²) in [7, 11) is 1.73. The van der Waals surface area contributed by atoms with Crippen LogP contribution in [0.25, 0.3) is 0 Å². The lowest BCUT2D eigenvalue weighted by Gasteiger charge is -2.23. The van der Waals surface area contributed by atoms with E-state index >= 15 is 0 Å². The fourth-order valence-corrected chi connectivity index (χ4v) is 3.20. The first kappa shape index (κ1) is 14.3. The molecule has 1 amide bonds. The molecule has 1 saturated heterocycles. The summed E-state index contributed by atoms with van der Waals surface area (Å²) >= 11 is 1.73. The van der Waals surface area contributed by atoms with Gasteiger partial charge >= 0.3 is 0 Å². The zero-order valence-electron chi connectivity index (χ0n) is 11.1. The van der Waals surface area contributed by atoms with Gasteiger partial charge in [-0.15, -0.1) is 11.8 Å². The molecule has 0 unspecified atom stereocenters. The number of carbonyl (C=O) groups excluding carboxylic acids is 1. The van der Waals surface area contributed by atoms with Gasteiger partial charge in [-0.3, -0.25) is 4.79 Å². The van der Waals surface area contributed by atoms with E-state index in [9.17, 15) is 9.18 Å². The number of thioether (sulfide) groups is 1. The first-order chi connectivity index (χ1) is 9.16. The number of carbonyl (C=O) groups is 1. The maximum atomic E-state index is 12.8. The Labute approximate surface area is 117 Å². The predicted molar refractivity (Wildman–Crippen MR) is 78.2 cm³/mol. The Balaban J connectivity index is 1.83. The van der Waals surface area contributed by atoms with Crippen molar-refractivity contribution >= 4 is 23.4 Å². The van der Waals surface area contributed by atoms with Crippen molar-refractivity contribution in [2.45, 2.75) is 18.1 Å². The Kier molecular flexibility index (Phi) is 5.22. The molecular formula is C14H19FN2OS. The van der Waals surface area contributed by atoms with Gasteiger partial charge in [0.15, 0.2) is 0 Å². The van der Waals surface area contributed by atoms with Gasteiger partial charge < -0.3 is 10.2 Å². The van der Waals surface area contributed by atoms with E-state index < -0.39 is 0 Å². The Morgan fingerprint density at radius 1 is 1.37 bits per heavy atom. The molecule has 0 radical (unpaired) electrons. The third-order valence-corrected chi connectivity index (χ3v) is 4.67. The summed E-state index contributed by atoms with van der Waals surface area (Å²) in [4.78, 5) is 13.7. The molecule has 19 heavy (non-hydrogen) atoms. The second-order valence-electron chi connectivity index (χ2n) is 4.69. The lowest BCUT2D eigenvalue weighted by molar-refractivity contribution is -0.115. The molecule has 1 fully saturated rings. The molecule has 0 spiro atoms. The number of halogens is 1. The molecule has 3 nitrogen and oxygen atoms in total. The van der Waals surface area contributed by atoms with Crippen molar-refractivity contribution in [3.8, 4) is 0 Å². The van der Waals surface area contributed by atoms with E-state index in [0.717, 1.165) is 31.6 Å². The molecule has 104 valence electrons. The number of benzene rings is 1. The highest BCUT2D eigenvalue weighted by Crippen LogP contribution is 2.21. The Morgan fingerprint density at radius 3 is 2.63 bits per heavy atom. The summed E-state index contributed by atoms with van der Waals surface area (Å²) in [5.41, 5.74) is 0.734. The fourth-order valence-electron chi connectivity index (χ4n) is 2.06. The maximum absolute atomic E-state index is 12.8. The predicted octanol–water partition coefficient (Wildman–Crippen LogP) is 2.27. The molecule has 0 aromatic heterocycles. The van der Waals surface area contributed by atoms with E-state index in [-0.39, 0.29) is 11.7 Å². The molecular weight excluding hydrogens is 263 g/mol. The van der Waals surface area contributed by atoms with Gasteiger partial charge in [0.25, 0.3) is 0 Å². The van der Waals surface area contributed by atoms with Gasteiger partial charge in [-0.1, -0.05) is 0 Å². The highest BCUT2D eigenvalue weighted by Gasteiger charge is 2.17. The summed E-state index contributed by atoms with van der Waals surface area (Å²) in [5.74, 6) is 0.266. The van der Waals surface area contributed by atoms with Gasteiger partial charge in [0.1, 0.15) is 5.82 Å². The summed E-state index contributed by atoms with van der Waals surface area (Å²) in [6, 6.07) is 6.00. The van der Waals surface area contributed by atoms with Crippen LogP contribution in [0, 0.1) is 5.82 Å². The topological polar surface area (TPSA) is 32.3 Å². The fraction of sp³-hybridized carbons (Fsp3) is 0.500. The van der Waals surface area contributed by atoms with E-state index in [1.165, 1.54) is 12.1 Å². The lowest BCUT2D eigenvalue weighted by Crippen LogP contribution is -2.32. The van der Waals surface area contributed by atoms with Gasteiger partial charge in [0.2, 0.25) is 5.91 Å². The maximum Gasteiger partial charge on any atom is 0.236 e. The molecule has 1 N–H and O–H groups in total. The average Bonchev–Trinajstić information content (AvgIpc) is 2.46. The van der Waals surface area contributed by atoms with Crippen LogP contribution < -0.4 is 10.2 Å². The van der Waals surface area contributed by atoms with Crippen molar-refractivity contribution < 1.29 is 9.18 Å². The van der Waals surface area contributed by atoms with E-state index in [4.69, 9.17) is 0 Å². The van der Waals surface area contributed by atoms with Gasteiger partial charge in [-0.2, -0.15) is 0 Å². The first-order valence-corrected chi connectivity index (χ1v) is 7.56. The SMILES string of the molecule is CN(C(=O)CSC1CCNCC1)c1ccc(F)cc1. The molecule has 2 rings (SSSR count). The lowest BCUT2D eigenvalue weighted by atomic mass is 10.2. The van der Waals surface area contributed by atoms with Crippen molar-refractivity contribution in [3.63, 3.8) is 0 Å². The number of piperidine rings is 1. The molecule has 5 heteroatoms. The van der Waals surface area contributed by atoms with Crippen LogP contribution in [-0.4, -0.2) is 37.0 Å². The van der Waals surface area contributed by atoms with Crippen LogP contribution in [0.15, 0.2) is 24.3 Å². The largest absolute Gasteiger partial charge is 0.317 e. The van der Waals surface area contributed by atoms with Crippen LogP contribution in [0.5, 0.6) is 0 Å². The van der Waals surface area contributed by atoms with Crippen molar-refractivity contribution in [2.75, 3.05) is 30.8 Å². The first-order valence-electron chi connectivity index (χ1n) is 6.51. The van der Waals surface area contributed by atoms with E-state index in [2.05, 4.69) is 5.32 Å². The summed E-state index contributed by atoms with van der Waals surface area (Å²) in [6.07, 6.45) is 2.25. The van der Waals surface area contributed by atoms with Crippen LogP contribution >= 0.6 is 11.8 Å². The minimum atomic E-state index is -0.284. The van der Waals surface area contributed by atoms with Crippen LogP contribution in [-0.2, 0) is 4.79 Å². The van der Waals surface area contributed by atoms with Gasteiger partial charge in [-0.05, 0) is 50.2 Å². The number of amides is 1. The molecule has 1 heterocycles. The number of nitrogens with one attached hydrogen (secondary N) is 1. The third-order valence-electron chi connectivity index (χ3n) is 3.32. The zero-order chi connectivity index (χ0) is 13.7. The zero-order valence-corrected chi connectivity index (χ0v) is 11.9. The number of hydrogen-bond acceptors (Lipinski definition) is 3. The molecule has 1 aliphatic heterocycles. The van der Waals surface area contributed by atoms with Gasteiger partial charge in [0.05, 0.1) is 5.75 Å². The molecule has 0 aliphatic carbocycles. The van der Waals surface area contributed by atoms with Crippen LogP contribution in [0.1, 0.15) is 12.8 Å². The van der Waals surface area contributed by atoms with Gasteiger partial charge in [-0.25, -0.2) is 4.39 Å². The molecule has 1 aromatic rings. The van der Waals surface area contributed by atoms with Crippen molar-refractivity contribution in [1.82, 2.24) is 5.32 Å². The van der Waals surface area contributed by atoms with Crippen molar-refractivity contribution in [3.05, 3.63) is 30.1 Å². The smallest absolute Gasteiger partial charge is 0.236 e.